The zero-order valence-electron chi connectivity index (χ0n) is 8.62. The first-order valence-corrected chi connectivity index (χ1v) is 4.49. The van der Waals surface area contributed by atoms with Crippen molar-refractivity contribution in [1.29, 1.82) is 0 Å². The van der Waals surface area contributed by atoms with E-state index >= 15 is 0 Å². The standard InChI is InChI=1S/C10H13NO5/c1-16-5-2-3-6(7(12)4-5)8(13)9(14)10(11)15/h2-4,8-9,12-14H,1H3,(H2,11,15). The quantitative estimate of drug-likeness (QED) is 0.542. The molecule has 2 unspecified atom stereocenters. The molecule has 1 amide bonds. The Hall–Kier alpha value is -1.79. The largest absolute Gasteiger partial charge is 0.507 e. The normalized spacial score (nSPS) is 14.2. The third-order valence-electron chi connectivity index (χ3n) is 2.15. The topological polar surface area (TPSA) is 113 Å². The van der Waals surface area contributed by atoms with Crippen molar-refractivity contribution < 1.29 is 24.9 Å². The van der Waals surface area contributed by atoms with E-state index in [0.717, 1.165) is 0 Å². The van der Waals surface area contributed by atoms with Crippen LogP contribution < -0.4 is 10.5 Å². The number of primary amides is 1. The van der Waals surface area contributed by atoms with E-state index in [2.05, 4.69) is 0 Å². The third-order valence-corrected chi connectivity index (χ3v) is 2.15. The highest BCUT2D eigenvalue weighted by molar-refractivity contribution is 5.79. The van der Waals surface area contributed by atoms with E-state index < -0.39 is 18.1 Å². The fourth-order valence-electron chi connectivity index (χ4n) is 1.23. The third kappa shape index (κ3) is 2.41. The lowest BCUT2D eigenvalue weighted by atomic mass is 10.0. The van der Waals surface area contributed by atoms with Crippen molar-refractivity contribution in [1.82, 2.24) is 0 Å². The number of rotatable bonds is 4. The molecule has 5 N–H and O–H groups in total. The smallest absolute Gasteiger partial charge is 0.249 e. The zero-order chi connectivity index (χ0) is 12.3. The first-order valence-electron chi connectivity index (χ1n) is 4.49. The van der Waals surface area contributed by atoms with Crippen molar-refractivity contribution in [3.05, 3.63) is 23.8 Å². The van der Waals surface area contributed by atoms with E-state index in [-0.39, 0.29) is 11.3 Å². The number of ether oxygens (including phenoxy) is 1. The first kappa shape index (κ1) is 12.3. The van der Waals surface area contributed by atoms with E-state index in [0.29, 0.717) is 5.75 Å². The predicted molar refractivity (Wildman–Crippen MR) is 54.8 cm³/mol. The van der Waals surface area contributed by atoms with Crippen LogP contribution >= 0.6 is 0 Å². The number of carbonyl (C=O) groups excluding carboxylic acids is 1. The van der Waals surface area contributed by atoms with Gasteiger partial charge in [-0.3, -0.25) is 4.79 Å². The lowest BCUT2D eigenvalue weighted by molar-refractivity contribution is -0.132. The molecule has 0 bridgehead atoms. The van der Waals surface area contributed by atoms with Gasteiger partial charge in [0.2, 0.25) is 5.91 Å². The van der Waals surface area contributed by atoms with Crippen molar-refractivity contribution in [2.45, 2.75) is 12.2 Å². The summed E-state index contributed by atoms with van der Waals surface area (Å²) >= 11 is 0. The van der Waals surface area contributed by atoms with Crippen LogP contribution in [-0.2, 0) is 4.79 Å². The molecule has 1 aromatic rings. The van der Waals surface area contributed by atoms with E-state index in [1.807, 2.05) is 0 Å². The Balaban J connectivity index is 3.00. The van der Waals surface area contributed by atoms with Crippen LogP contribution in [0.4, 0.5) is 0 Å². The van der Waals surface area contributed by atoms with Gasteiger partial charge in [0.1, 0.15) is 17.6 Å². The van der Waals surface area contributed by atoms with Gasteiger partial charge in [-0.2, -0.15) is 0 Å². The number of benzene rings is 1. The number of amides is 1. The van der Waals surface area contributed by atoms with Crippen molar-refractivity contribution in [3.63, 3.8) is 0 Å². The lowest BCUT2D eigenvalue weighted by Gasteiger charge is -2.16. The molecule has 0 radical (unpaired) electrons. The molecule has 0 saturated carbocycles. The number of carbonyl (C=O) groups is 1. The molecule has 0 aliphatic carbocycles. The van der Waals surface area contributed by atoms with E-state index in [1.165, 1.54) is 25.3 Å². The summed E-state index contributed by atoms with van der Waals surface area (Å²) in [6, 6.07) is 4.07. The van der Waals surface area contributed by atoms with Crippen molar-refractivity contribution in [2.24, 2.45) is 5.73 Å². The van der Waals surface area contributed by atoms with E-state index in [4.69, 9.17) is 10.5 Å². The van der Waals surface area contributed by atoms with Crippen LogP contribution in [0.1, 0.15) is 11.7 Å². The van der Waals surface area contributed by atoms with Gasteiger partial charge in [-0.25, -0.2) is 0 Å². The second kappa shape index (κ2) is 4.82. The van der Waals surface area contributed by atoms with E-state index in [1.54, 1.807) is 0 Å². The summed E-state index contributed by atoms with van der Waals surface area (Å²) in [5, 5.41) is 28.3. The fourth-order valence-corrected chi connectivity index (χ4v) is 1.23. The Morgan fingerprint density at radius 2 is 2.06 bits per heavy atom. The minimum absolute atomic E-state index is 0.00657. The number of methoxy groups -OCH3 is 1. The van der Waals surface area contributed by atoms with Gasteiger partial charge in [-0.05, 0) is 12.1 Å². The van der Waals surface area contributed by atoms with Crippen molar-refractivity contribution in [3.8, 4) is 11.5 Å². The highest BCUT2D eigenvalue weighted by atomic mass is 16.5. The number of phenols is 1. The molecule has 1 aromatic carbocycles. The van der Waals surface area contributed by atoms with Gasteiger partial charge in [0, 0.05) is 11.6 Å². The average molecular weight is 227 g/mol. The number of phenolic OH excluding ortho intramolecular Hbond substituents is 1. The summed E-state index contributed by atoms with van der Waals surface area (Å²) in [7, 11) is 1.42. The van der Waals surface area contributed by atoms with Gasteiger partial charge in [0.15, 0.2) is 6.10 Å². The number of hydrogen-bond acceptors (Lipinski definition) is 5. The highest BCUT2D eigenvalue weighted by Crippen LogP contribution is 2.29. The van der Waals surface area contributed by atoms with Crippen LogP contribution in [-0.4, -0.2) is 34.4 Å². The highest BCUT2D eigenvalue weighted by Gasteiger charge is 2.25. The summed E-state index contributed by atoms with van der Waals surface area (Å²) in [4.78, 5) is 10.7. The Morgan fingerprint density at radius 1 is 1.44 bits per heavy atom. The molecular formula is C10H13NO5. The second-order valence-corrected chi connectivity index (χ2v) is 3.22. The Kier molecular flexibility index (Phi) is 3.70. The van der Waals surface area contributed by atoms with Gasteiger partial charge in [0.05, 0.1) is 7.11 Å². The van der Waals surface area contributed by atoms with Gasteiger partial charge < -0.3 is 25.8 Å². The van der Waals surface area contributed by atoms with Crippen LogP contribution in [0, 0.1) is 0 Å². The number of aromatic hydroxyl groups is 1. The average Bonchev–Trinajstić information content (AvgIpc) is 2.26. The van der Waals surface area contributed by atoms with Crippen molar-refractivity contribution >= 4 is 5.91 Å². The summed E-state index contributed by atoms with van der Waals surface area (Å²) in [5.74, 6) is -0.961. The minimum Gasteiger partial charge on any atom is -0.507 e. The monoisotopic (exact) mass is 227 g/mol. The Labute approximate surface area is 91.9 Å². The van der Waals surface area contributed by atoms with Gasteiger partial charge in [0.25, 0.3) is 0 Å². The summed E-state index contributed by atoms with van der Waals surface area (Å²) in [6.45, 7) is 0. The molecule has 0 spiro atoms. The molecule has 0 saturated heterocycles. The number of hydrogen-bond donors (Lipinski definition) is 4. The molecule has 0 heterocycles. The first-order chi connectivity index (χ1) is 7.47. The Bertz CT molecular complexity index is 393. The van der Waals surface area contributed by atoms with Crippen LogP contribution in [0.3, 0.4) is 0 Å². The molecule has 0 aromatic heterocycles. The number of aliphatic hydroxyl groups is 2. The molecule has 1 rings (SSSR count). The van der Waals surface area contributed by atoms with E-state index in [9.17, 15) is 20.1 Å². The minimum atomic E-state index is -1.76. The Morgan fingerprint density at radius 3 is 2.50 bits per heavy atom. The fraction of sp³-hybridized carbons (Fsp3) is 0.300. The molecular weight excluding hydrogens is 214 g/mol. The molecule has 6 nitrogen and oxygen atoms in total. The van der Waals surface area contributed by atoms with Crippen molar-refractivity contribution in [2.75, 3.05) is 7.11 Å². The molecule has 0 aliphatic heterocycles. The predicted octanol–water partition coefficient (Wildman–Crippen LogP) is -0.720. The van der Waals surface area contributed by atoms with Crippen LogP contribution in [0.2, 0.25) is 0 Å². The maximum absolute atomic E-state index is 10.7. The summed E-state index contributed by atoms with van der Waals surface area (Å²) < 4.78 is 4.84. The maximum Gasteiger partial charge on any atom is 0.249 e. The summed E-state index contributed by atoms with van der Waals surface area (Å²) in [5.41, 5.74) is 4.83. The van der Waals surface area contributed by atoms with Crippen LogP contribution in [0.5, 0.6) is 11.5 Å². The second-order valence-electron chi connectivity index (χ2n) is 3.22. The van der Waals surface area contributed by atoms with Gasteiger partial charge in [-0.1, -0.05) is 0 Å². The molecule has 0 aliphatic rings. The molecule has 2 atom stereocenters. The summed E-state index contributed by atoms with van der Waals surface area (Å²) in [6.07, 6.45) is -3.33. The SMILES string of the molecule is COc1ccc(C(O)C(O)C(N)=O)c(O)c1. The zero-order valence-corrected chi connectivity index (χ0v) is 8.62. The maximum atomic E-state index is 10.7. The number of aliphatic hydroxyl groups excluding tert-OH is 2. The van der Waals surface area contributed by atoms with Gasteiger partial charge >= 0.3 is 0 Å². The van der Waals surface area contributed by atoms with Crippen LogP contribution in [0.15, 0.2) is 18.2 Å². The lowest BCUT2D eigenvalue weighted by Crippen LogP contribution is -2.33. The molecule has 88 valence electrons. The van der Waals surface area contributed by atoms with Crippen LogP contribution in [0.25, 0.3) is 0 Å². The number of nitrogens with two attached hydrogens (primary N) is 1. The molecule has 6 heteroatoms. The van der Waals surface area contributed by atoms with Gasteiger partial charge in [-0.15, -0.1) is 0 Å². The molecule has 16 heavy (non-hydrogen) atoms. The molecule has 0 fully saturated rings.